The van der Waals surface area contributed by atoms with Crippen LogP contribution in [-0.2, 0) is 22.5 Å². The van der Waals surface area contributed by atoms with Crippen LogP contribution in [-0.4, -0.2) is 39.5 Å². The molecule has 2 aromatic heterocycles. The average molecular weight is 523 g/mol. The van der Waals surface area contributed by atoms with Gasteiger partial charge in [0.2, 0.25) is 5.91 Å². The normalized spacial score (nSPS) is 10.9. The van der Waals surface area contributed by atoms with E-state index in [2.05, 4.69) is 31.4 Å². The van der Waals surface area contributed by atoms with Crippen molar-refractivity contribution in [3.63, 3.8) is 0 Å². The molecule has 0 spiro atoms. The van der Waals surface area contributed by atoms with Crippen molar-refractivity contribution in [2.24, 2.45) is 0 Å². The van der Waals surface area contributed by atoms with Gasteiger partial charge in [-0.1, -0.05) is 46.7 Å². The molecule has 10 heteroatoms. The molecular formula is C21H23BrN4O3S2. The van der Waals surface area contributed by atoms with Crippen LogP contribution in [0, 0.1) is 6.92 Å². The number of anilines is 1. The van der Waals surface area contributed by atoms with E-state index in [4.69, 9.17) is 4.74 Å². The molecule has 1 aromatic carbocycles. The van der Waals surface area contributed by atoms with Crippen molar-refractivity contribution in [2.45, 2.75) is 38.9 Å². The zero-order valence-corrected chi connectivity index (χ0v) is 20.9. The summed E-state index contributed by atoms with van der Waals surface area (Å²) in [5.74, 6) is 0.258. The quantitative estimate of drug-likeness (QED) is 0.324. The third-order valence-corrected chi connectivity index (χ3v) is 7.23. The highest BCUT2D eigenvalue weighted by atomic mass is 79.9. The predicted molar refractivity (Wildman–Crippen MR) is 128 cm³/mol. The molecule has 0 aliphatic rings. The van der Waals surface area contributed by atoms with E-state index >= 15 is 0 Å². The molecule has 164 valence electrons. The fraction of sp³-hybridized carbons (Fsp3) is 0.333. The van der Waals surface area contributed by atoms with E-state index in [1.54, 1.807) is 0 Å². The molecule has 0 aliphatic carbocycles. The maximum atomic E-state index is 12.6. The number of carbonyl (C=O) groups is 2. The van der Waals surface area contributed by atoms with Gasteiger partial charge >= 0.3 is 5.97 Å². The fourth-order valence-electron chi connectivity index (χ4n) is 3.20. The molecule has 0 unspecified atom stereocenters. The first-order valence-corrected chi connectivity index (χ1v) is 12.3. The molecule has 0 saturated carbocycles. The maximum absolute atomic E-state index is 12.6. The molecule has 0 bridgehead atoms. The van der Waals surface area contributed by atoms with Crippen LogP contribution in [0.2, 0.25) is 0 Å². The van der Waals surface area contributed by atoms with Crippen LogP contribution in [0.3, 0.4) is 0 Å². The number of thiophene rings is 1. The molecule has 7 nitrogen and oxygen atoms in total. The van der Waals surface area contributed by atoms with Gasteiger partial charge in [-0.25, -0.2) is 4.79 Å². The van der Waals surface area contributed by atoms with E-state index in [9.17, 15) is 9.59 Å². The first-order chi connectivity index (χ1) is 14.9. The number of methoxy groups -OCH3 is 1. The van der Waals surface area contributed by atoms with Crippen molar-refractivity contribution in [1.82, 2.24) is 14.8 Å². The first kappa shape index (κ1) is 23.5. The Hall–Kier alpha value is -2.17. The van der Waals surface area contributed by atoms with Crippen LogP contribution in [0.1, 0.15) is 34.6 Å². The number of benzene rings is 1. The number of halogens is 1. The molecule has 0 radical (unpaired) electrons. The highest BCUT2D eigenvalue weighted by Gasteiger charge is 2.23. The zero-order chi connectivity index (χ0) is 22.5. The number of hydrogen-bond acceptors (Lipinski definition) is 7. The van der Waals surface area contributed by atoms with Gasteiger partial charge in [-0.05, 0) is 38.0 Å². The molecule has 1 N–H and O–H groups in total. The van der Waals surface area contributed by atoms with Gasteiger partial charge in [-0.3, -0.25) is 4.79 Å². The summed E-state index contributed by atoms with van der Waals surface area (Å²) in [5.41, 5.74) is 2.31. The second-order valence-electron chi connectivity index (χ2n) is 6.58. The molecule has 0 fully saturated rings. The summed E-state index contributed by atoms with van der Waals surface area (Å²) in [6.45, 7) is 6.61. The largest absolute Gasteiger partial charge is 0.465 e. The van der Waals surface area contributed by atoms with Gasteiger partial charge in [-0.15, -0.1) is 21.5 Å². The summed E-state index contributed by atoms with van der Waals surface area (Å²) in [7, 11) is 1.34. The average Bonchev–Trinajstić information content (AvgIpc) is 3.31. The molecular weight excluding hydrogens is 500 g/mol. The maximum Gasteiger partial charge on any atom is 0.341 e. The van der Waals surface area contributed by atoms with E-state index in [0.717, 1.165) is 26.3 Å². The van der Waals surface area contributed by atoms with Gasteiger partial charge in [0.15, 0.2) is 11.0 Å². The number of amides is 1. The zero-order valence-electron chi connectivity index (χ0n) is 17.7. The number of nitrogens with zero attached hydrogens (tertiary/aromatic N) is 3. The molecule has 2 heterocycles. The number of hydrogen-bond donors (Lipinski definition) is 1. The number of aryl methyl sites for hydroxylation is 1. The van der Waals surface area contributed by atoms with Crippen LogP contribution in [0.25, 0.3) is 11.4 Å². The summed E-state index contributed by atoms with van der Waals surface area (Å²) in [5, 5.41) is 12.6. The minimum absolute atomic E-state index is 0.150. The Morgan fingerprint density at radius 1 is 1.23 bits per heavy atom. The second-order valence-corrected chi connectivity index (χ2v) is 9.66. The summed E-state index contributed by atoms with van der Waals surface area (Å²) in [6.07, 6.45) is 0.690. The van der Waals surface area contributed by atoms with Gasteiger partial charge in [0.1, 0.15) is 5.00 Å². The minimum Gasteiger partial charge on any atom is -0.465 e. The molecule has 0 saturated heterocycles. The first-order valence-electron chi connectivity index (χ1n) is 9.71. The smallest absolute Gasteiger partial charge is 0.341 e. The topological polar surface area (TPSA) is 86.1 Å². The summed E-state index contributed by atoms with van der Waals surface area (Å²) in [6, 6.07) is 7.86. The van der Waals surface area contributed by atoms with E-state index in [-0.39, 0.29) is 11.7 Å². The molecule has 0 atom stereocenters. The second kappa shape index (κ2) is 10.4. The molecule has 1 amide bonds. The van der Waals surface area contributed by atoms with Gasteiger partial charge in [-0.2, -0.15) is 0 Å². The van der Waals surface area contributed by atoms with Crippen molar-refractivity contribution in [1.29, 1.82) is 0 Å². The van der Waals surface area contributed by atoms with Crippen LogP contribution in [0.4, 0.5) is 5.00 Å². The van der Waals surface area contributed by atoms with E-state index in [1.807, 2.05) is 49.6 Å². The Bertz CT molecular complexity index is 1090. The molecule has 0 aliphatic heterocycles. The van der Waals surface area contributed by atoms with Crippen molar-refractivity contribution in [3.8, 4) is 11.4 Å². The molecule has 3 rings (SSSR count). The fourth-order valence-corrected chi connectivity index (χ4v) is 5.41. The van der Waals surface area contributed by atoms with Crippen LogP contribution in [0.15, 0.2) is 33.9 Å². The number of rotatable bonds is 8. The van der Waals surface area contributed by atoms with Crippen molar-refractivity contribution in [2.75, 3.05) is 18.2 Å². The van der Waals surface area contributed by atoms with Gasteiger partial charge < -0.3 is 14.6 Å². The summed E-state index contributed by atoms with van der Waals surface area (Å²) < 4.78 is 7.88. The van der Waals surface area contributed by atoms with Crippen LogP contribution >= 0.6 is 39.0 Å². The Balaban J connectivity index is 1.74. The van der Waals surface area contributed by atoms with Crippen molar-refractivity contribution < 1.29 is 14.3 Å². The Kier molecular flexibility index (Phi) is 7.90. The van der Waals surface area contributed by atoms with E-state index < -0.39 is 5.97 Å². The number of thioether (sulfide) groups is 1. The third kappa shape index (κ3) is 5.19. The van der Waals surface area contributed by atoms with Gasteiger partial charge in [0, 0.05) is 21.5 Å². The van der Waals surface area contributed by atoms with Crippen molar-refractivity contribution in [3.05, 3.63) is 44.7 Å². The van der Waals surface area contributed by atoms with E-state index in [1.165, 1.54) is 30.2 Å². The number of esters is 1. The third-order valence-electron chi connectivity index (χ3n) is 4.67. The lowest BCUT2D eigenvalue weighted by Gasteiger charge is -2.08. The molecule has 3 aromatic rings. The number of ether oxygens (including phenoxy) is 1. The predicted octanol–water partition coefficient (Wildman–Crippen LogP) is 5.18. The molecule has 31 heavy (non-hydrogen) atoms. The van der Waals surface area contributed by atoms with Crippen molar-refractivity contribution >= 4 is 55.9 Å². The standard InChI is InChI=1S/C21H23BrN4O3S2/c1-5-15-12(3)31-19(17(15)20(28)29-4)23-16(27)11-30-21-25-24-18(26(21)6-2)13-7-9-14(22)10-8-13/h7-10H,5-6,11H2,1-4H3,(H,23,27). The summed E-state index contributed by atoms with van der Waals surface area (Å²) >= 11 is 6.14. The highest BCUT2D eigenvalue weighted by molar-refractivity contribution is 9.10. The number of aromatic nitrogens is 3. The lowest BCUT2D eigenvalue weighted by Crippen LogP contribution is -2.16. The Morgan fingerprint density at radius 2 is 1.94 bits per heavy atom. The minimum atomic E-state index is -0.436. The van der Waals surface area contributed by atoms with E-state index in [0.29, 0.717) is 28.7 Å². The Morgan fingerprint density at radius 3 is 2.55 bits per heavy atom. The lowest BCUT2D eigenvalue weighted by atomic mass is 10.1. The van der Waals surface area contributed by atoms with Crippen LogP contribution in [0.5, 0.6) is 0 Å². The number of carbonyl (C=O) groups excluding carboxylic acids is 2. The lowest BCUT2D eigenvalue weighted by molar-refractivity contribution is -0.113. The van der Waals surface area contributed by atoms with Gasteiger partial charge in [0.25, 0.3) is 0 Å². The Labute approximate surface area is 197 Å². The van der Waals surface area contributed by atoms with Gasteiger partial charge in [0.05, 0.1) is 18.4 Å². The highest BCUT2D eigenvalue weighted by Crippen LogP contribution is 2.34. The SMILES string of the molecule is CCc1c(C)sc(NC(=O)CSc2nnc(-c3ccc(Br)cc3)n2CC)c1C(=O)OC. The summed E-state index contributed by atoms with van der Waals surface area (Å²) in [4.78, 5) is 25.9. The van der Waals surface area contributed by atoms with Crippen LogP contribution < -0.4 is 5.32 Å². The number of nitrogens with one attached hydrogen (secondary N) is 1. The monoisotopic (exact) mass is 522 g/mol.